The molecule has 2 N–H and O–H groups in total. The van der Waals surface area contributed by atoms with Gasteiger partial charge in [0.05, 0.1) is 5.69 Å². The zero-order valence-corrected chi connectivity index (χ0v) is 14.6. The molecule has 1 aromatic carbocycles. The van der Waals surface area contributed by atoms with Crippen molar-refractivity contribution < 1.29 is 18.7 Å². The highest BCUT2D eigenvalue weighted by Gasteiger charge is 2.18. The van der Waals surface area contributed by atoms with Crippen molar-refractivity contribution in [3.8, 4) is 5.75 Å². The van der Waals surface area contributed by atoms with Crippen LogP contribution in [0.15, 0.2) is 42.7 Å². The summed E-state index contributed by atoms with van der Waals surface area (Å²) in [7, 11) is 3.12. The third-order valence-electron chi connectivity index (χ3n) is 3.57. The molecule has 0 aliphatic carbocycles. The van der Waals surface area contributed by atoms with Crippen molar-refractivity contribution in [2.75, 3.05) is 12.4 Å². The van der Waals surface area contributed by atoms with Crippen molar-refractivity contribution in [1.82, 2.24) is 24.9 Å². The van der Waals surface area contributed by atoms with Gasteiger partial charge in [-0.3, -0.25) is 14.3 Å². The second-order valence-electron chi connectivity index (χ2n) is 5.57. The first-order chi connectivity index (χ1) is 13.0. The lowest BCUT2D eigenvalue weighted by Crippen LogP contribution is -2.21. The molecule has 0 saturated heterocycles. The smallest absolute Gasteiger partial charge is 0.276 e. The number of aryl methyl sites for hydroxylation is 1. The molecule has 10 heteroatoms. The molecule has 140 valence electrons. The number of rotatable bonds is 6. The first kappa shape index (κ1) is 18.1. The monoisotopic (exact) mass is 372 g/mol. The Labute approximate surface area is 153 Å². The van der Waals surface area contributed by atoms with E-state index in [1.165, 1.54) is 52.9 Å². The summed E-state index contributed by atoms with van der Waals surface area (Å²) in [5.74, 6) is -0.784. The van der Waals surface area contributed by atoms with Crippen molar-refractivity contribution >= 4 is 17.5 Å². The minimum Gasteiger partial charge on any atom is -0.471 e. The molecule has 0 aliphatic heterocycles. The third-order valence-corrected chi connectivity index (χ3v) is 3.57. The molecule has 0 spiro atoms. The van der Waals surface area contributed by atoms with Gasteiger partial charge in [-0.05, 0) is 30.3 Å². The van der Waals surface area contributed by atoms with E-state index in [-0.39, 0.29) is 29.6 Å². The molecule has 2 amide bonds. The molecule has 0 unspecified atom stereocenters. The molecule has 0 radical (unpaired) electrons. The molecule has 3 rings (SSSR count). The zero-order chi connectivity index (χ0) is 19.4. The Morgan fingerprint density at radius 1 is 1.15 bits per heavy atom. The number of hydrogen-bond acceptors (Lipinski definition) is 5. The van der Waals surface area contributed by atoms with Crippen LogP contribution in [-0.4, -0.2) is 38.4 Å². The van der Waals surface area contributed by atoms with E-state index >= 15 is 0 Å². The fraction of sp³-hybridized carbons (Fsp3) is 0.176. The maximum atomic E-state index is 12.9. The molecular weight excluding hydrogens is 355 g/mol. The first-order valence-electron chi connectivity index (χ1n) is 7.95. The second kappa shape index (κ2) is 7.68. The van der Waals surface area contributed by atoms with Crippen LogP contribution in [0.25, 0.3) is 0 Å². The van der Waals surface area contributed by atoms with Crippen LogP contribution >= 0.6 is 0 Å². The summed E-state index contributed by atoms with van der Waals surface area (Å²) in [5, 5.41) is 13.2. The number of nitrogens with one attached hydrogen (secondary N) is 2. The number of halogens is 1. The van der Waals surface area contributed by atoms with Crippen LogP contribution in [0.5, 0.6) is 5.75 Å². The van der Waals surface area contributed by atoms with Crippen LogP contribution in [0.2, 0.25) is 0 Å². The molecule has 0 fully saturated rings. The number of nitrogens with zero attached hydrogens (tertiary/aromatic N) is 4. The summed E-state index contributed by atoms with van der Waals surface area (Å²) in [6.45, 7) is 0.0509. The SMILES string of the molecule is CNC(=O)c1nn(C)cc1NC(=O)c1ccn(COc2ccc(F)cc2)n1. The van der Waals surface area contributed by atoms with Crippen LogP contribution in [-0.2, 0) is 13.8 Å². The summed E-state index contributed by atoms with van der Waals surface area (Å²) in [5.41, 5.74) is 0.524. The summed E-state index contributed by atoms with van der Waals surface area (Å²) >= 11 is 0. The van der Waals surface area contributed by atoms with Crippen LogP contribution < -0.4 is 15.4 Å². The summed E-state index contributed by atoms with van der Waals surface area (Å²) in [6, 6.07) is 7.08. The van der Waals surface area contributed by atoms with Crippen molar-refractivity contribution in [2.45, 2.75) is 6.73 Å². The van der Waals surface area contributed by atoms with Crippen molar-refractivity contribution in [3.63, 3.8) is 0 Å². The Morgan fingerprint density at radius 3 is 2.59 bits per heavy atom. The molecule has 27 heavy (non-hydrogen) atoms. The lowest BCUT2D eigenvalue weighted by atomic mass is 10.3. The lowest BCUT2D eigenvalue weighted by molar-refractivity contribution is 0.0958. The van der Waals surface area contributed by atoms with Gasteiger partial charge >= 0.3 is 0 Å². The highest BCUT2D eigenvalue weighted by atomic mass is 19.1. The predicted molar refractivity (Wildman–Crippen MR) is 93.8 cm³/mol. The van der Waals surface area contributed by atoms with Gasteiger partial charge in [0.1, 0.15) is 11.6 Å². The van der Waals surface area contributed by atoms with E-state index in [1.807, 2.05) is 0 Å². The van der Waals surface area contributed by atoms with Gasteiger partial charge in [0.2, 0.25) is 0 Å². The van der Waals surface area contributed by atoms with E-state index in [0.717, 1.165) is 0 Å². The molecule has 0 aliphatic rings. The maximum absolute atomic E-state index is 12.9. The van der Waals surface area contributed by atoms with Crippen LogP contribution in [0.3, 0.4) is 0 Å². The van der Waals surface area contributed by atoms with E-state index in [0.29, 0.717) is 5.75 Å². The predicted octanol–water partition coefficient (Wildman–Crippen LogP) is 1.40. The normalized spacial score (nSPS) is 10.5. The number of ether oxygens (including phenoxy) is 1. The lowest BCUT2D eigenvalue weighted by Gasteiger charge is -2.06. The van der Waals surface area contributed by atoms with Crippen LogP contribution in [0, 0.1) is 5.82 Å². The molecular formula is C17H17FN6O3. The van der Waals surface area contributed by atoms with E-state index in [2.05, 4.69) is 20.8 Å². The summed E-state index contributed by atoms with van der Waals surface area (Å²) in [4.78, 5) is 24.2. The average molecular weight is 372 g/mol. The van der Waals surface area contributed by atoms with E-state index in [4.69, 9.17) is 4.74 Å². The van der Waals surface area contributed by atoms with Crippen LogP contribution in [0.1, 0.15) is 21.0 Å². The van der Waals surface area contributed by atoms with Gasteiger partial charge in [0.25, 0.3) is 11.8 Å². The van der Waals surface area contributed by atoms with Crippen molar-refractivity contribution in [2.24, 2.45) is 7.05 Å². The quantitative estimate of drug-likeness (QED) is 0.681. The molecule has 2 aromatic heterocycles. The van der Waals surface area contributed by atoms with Gasteiger partial charge < -0.3 is 15.4 Å². The minimum absolute atomic E-state index is 0.0509. The molecule has 0 atom stereocenters. The Balaban J connectivity index is 1.65. The summed E-state index contributed by atoms with van der Waals surface area (Å²) in [6.07, 6.45) is 3.10. The highest BCUT2D eigenvalue weighted by molar-refractivity contribution is 6.07. The Kier molecular flexibility index (Phi) is 5.15. The summed E-state index contributed by atoms with van der Waals surface area (Å²) < 4.78 is 21.2. The highest BCUT2D eigenvalue weighted by Crippen LogP contribution is 2.15. The van der Waals surface area contributed by atoms with Crippen LogP contribution in [0.4, 0.5) is 10.1 Å². The largest absolute Gasteiger partial charge is 0.471 e. The molecule has 0 bridgehead atoms. The fourth-order valence-corrected chi connectivity index (χ4v) is 2.28. The maximum Gasteiger partial charge on any atom is 0.276 e. The topological polar surface area (TPSA) is 103 Å². The van der Waals surface area contributed by atoms with Crippen molar-refractivity contribution in [3.05, 3.63) is 59.9 Å². The third kappa shape index (κ3) is 4.29. The number of benzene rings is 1. The number of aromatic nitrogens is 4. The molecule has 9 nitrogen and oxygen atoms in total. The molecule has 3 aromatic rings. The number of amides is 2. The zero-order valence-electron chi connectivity index (χ0n) is 14.6. The first-order valence-corrected chi connectivity index (χ1v) is 7.95. The minimum atomic E-state index is -0.492. The Hall–Kier alpha value is -3.69. The number of anilines is 1. The second-order valence-corrected chi connectivity index (χ2v) is 5.57. The van der Waals surface area contributed by atoms with Gasteiger partial charge in [0.15, 0.2) is 18.1 Å². The van der Waals surface area contributed by atoms with Gasteiger partial charge in [-0.15, -0.1) is 0 Å². The van der Waals surface area contributed by atoms with Gasteiger partial charge in [-0.25, -0.2) is 9.07 Å². The number of carbonyl (C=O) groups excluding carboxylic acids is 2. The van der Waals surface area contributed by atoms with E-state index in [9.17, 15) is 14.0 Å². The van der Waals surface area contributed by atoms with Gasteiger partial charge in [-0.1, -0.05) is 0 Å². The van der Waals surface area contributed by atoms with Crippen molar-refractivity contribution in [1.29, 1.82) is 0 Å². The standard InChI is InChI=1S/C17H17FN6O3/c1-19-17(26)15-14(9-23(2)22-15)20-16(25)13-7-8-24(21-13)10-27-12-5-3-11(18)4-6-12/h3-9H,10H2,1-2H3,(H,19,26)(H,20,25). The fourth-order valence-electron chi connectivity index (χ4n) is 2.28. The Morgan fingerprint density at radius 2 is 1.89 bits per heavy atom. The molecule has 2 heterocycles. The van der Waals surface area contributed by atoms with Gasteiger partial charge in [-0.2, -0.15) is 10.2 Å². The Bertz CT molecular complexity index is 963. The van der Waals surface area contributed by atoms with E-state index < -0.39 is 11.8 Å². The van der Waals surface area contributed by atoms with Gasteiger partial charge in [0, 0.05) is 26.5 Å². The average Bonchev–Trinajstić information content (AvgIpc) is 3.27. The molecule has 0 saturated carbocycles. The number of carbonyl (C=O) groups is 2. The van der Waals surface area contributed by atoms with E-state index in [1.54, 1.807) is 13.2 Å². The number of hydrogen-bond donors (Lipinski definition) is 2.